The summed E-state index contributed by atoms with van der Waals surface area (Å²) in [6.45, 7) is 0.455. The number of hydrogen-bond donors (Lipinski definition) is 2. The zero-order chi connectivity index (χ0) is 15.7. The van der Waals surface area contributed by atoms with Gasteiger partial charge in [0.1, 0.15) is 11.3 Å². The molecule has 3 N–H and O–H groups in total. The average molecular weight is 300 g/mol. The van der Waals surface area contributed by atoms with Crippen molar-refractivity contribution in [3.05, 3.63) is 47.5 Å². The predicted octanol–water partition coefficient (Wildman–Crippen LogP) is 1.18. The van der Waals surface area contributed by atoms with Crippen LogP contribution in [0, 0.1) is 0 Å². The third-order valence-electron chi connectivity index (χ3n) is 4.29. The van der Waals surface area contributed by atoms with Crippen molar-refractivity contribution in [3.8, 4) is 5.75 Å². The minimum Gasteiger partial charge on any atom is -0.496 e. The lowest BCUT2D eigenvalue weighted by atomic mass is 9.91. The molecule has 0 radical (unpaired) electrons. The van der Waals surface area contributed by atoms with Crippen LogP contribution in [0.25, 0.3) is 0 Å². The molecule has 0 spiro atoms. The number of imidazole rings is 1. The van der Waals surface area contributed by atoms with Gasteiger partial charge in [0.05, 0.1) is 25.7 Å². The van der Waals surface area contributed by atoms with Crippen LogP contribution < -0.4 is 10.5 Å². The summed E-state index contributed by atoms with van der Waals surface area (Å²) in [5.74, 6) is 0.711. The van der Waals surface area contributed by atoms with Crippen LogP contribution in [0.2, 0.25) is 0 Å². The second-order valence-corrected chi connectivity index (χ2v) is 5.70. The summed E-state index contributed by atoms with van der Waals surface area (Å²) in [4.78, 5) is 21.5. The molecule has 1 aliphatic rings. The third kappa shape index (κ3) is 2.25. The highest BCUT2D eigenvalue weighted by molar-refractivity contribution is 5.89. The van der Waals surface area contributed by atoms with Crippen molar-refractivity contribution in [3.63, 3.8) is 0 Å². The maximum Gasteiger partial charge on any atom is 0.247 e. The zero-order valence-electron chi connectivity index (χ0n) is 12.8. The van der Waals surface area contributed by atoms with Gasteiger partial charge in [-0.15, -0.1) is 0 Å². The van der Waals surface area contributed by atoms with E-state index in [9.17, 15) is 4.79 Å². The maximum atomic E-state index is 12.9. The Balaban J connectivity index is 1.88. The number of ether oxygens (including phenoxy) is 1. The van der Waals surface area contributed by atoms with Crippen molar-refractivity contribution in [2.24, 2.45) is 5.73 Å². The Bertz CT molecular complexity index is 683. The van der Waals surface area contributed by atoms with E-state index < -0.39 is 5.54 Å². The number of hydrogen-bond acceptors (Lipinski definition) is 4. The Hall–Kier alpha value is -2.34. The van der Waals surface area contributed by atoms with Crippen molar-refractivity contribution in [1.82, 2.24) is 14.9 Å². The van der Waals surface area contributed by atoms with E-state index in [2.05, 4.69) is 9.97 Å². The number of benzene rings is 1. The number of H-pyrrole nitrogens is 1. The van der Waals surface area contributed by atoms with E-state index in [4.69, 9.17) is 10.5 Å². The number of nitrogens with zero attached hydrogens (tertiary/aromatic N) is 2. The zero-order valence-corrected chi connectivity index (χ0v) is 12.8. The Morgan fingerprint density at radius 1 is 1.55 bits per heavy atom. The Labute approximate surface area is 129 Å². The van der Waals surface area contributed by atoms with Crippen LogP contribution in [0.15, 0.2) is 30.7 Å². The number of carbonyl (C=O) groups is 1. The van der Waals surface area contributed by atoms with Gasteiger partial charge in [-0.05, 0) is 30.0 Å². The average Bonchev–Trinajstić information content (AvgIpc) is 3.15. The summed E-state index contributed by atoms with van der Waals surface area (Å²) in [5.41, 5.74) is 8.29. The van der Waals surface area contributed by atoms with E-state index in [1.807, 2.05) is 18.2 Å². The molecule has 0 fully saturated rings. The van der Waals surface area contributed by atoms with E-state index in [-0.39, 0.29) is 5.91 Å². The van der Waals surface area contributed by atoms with Crippen LogP contribution in [-0.4, -0.2) is 34.9 Å². The second-order valence-electron chi connectivity index (χ2n) is 5.70. The minimum absolute atomic E-state index is 0.0888. The van der Waals surface area contributed by atoms with E-state index in [1.54, 1.807) is 31.6 Å². The number of nitrogens with one attached hydrogen (secondary N) is 1. The summed E-state index contributed by atoms with van der Waals surface area (Å²) in [6, 6.07) is 5.71. The molecule has 1 aliphatic carbocycles. The number of amides is 1. The van der Waals surface area contributed by atoms with Gasteiger partial charge in [0.25, 0.3) is 0 Å². The van der Waals surface area contributed by atoms with Crippen LogP contribution in [0.4, 0.5) is 0 Å². The van der Waals surface area contributed by atoms with Gasteiger partial charge in [-0.3, -0.25) is 4.79 Å². The number of nitrogens with two attached hydrogens (primary N) is 1. The van der Waals surface area contributed by atoms with Gasteiger partial charge in [-0.2, -0.15) is 0 Å². The Kier molecular flexibility index (Phi) is 3.62. The number of fused-ring (bicyclic) bond motifs is 1. The van der Waals surface area contributed by atoms with Crippen molar-refractivity contribution in [2.45, 2.75) is 24.9 Å². The standard InChI is InChI=1S/C16H20N4O2/c1-20(9-11-8-18-10-19-11)15(21)16(17)7-6-12-13(16)4-3-5-14(12)22-2/h3-5,8,10H,6-7,9,17H2,1-2H3,(H,18,19). The largest absolute Gasteiger partial charge is 0.496 e. The first kappa shape index (κ1) is 14.6. The number of rotatable bonds is 4. The fraction of sp³-hybridized carbons (Fsp3) is 0.375. The van der Waals surface area contributed by atoms with Gasteiger partial charge in [-0.25, -0.2) is 4.98 Å². The van der Waals surface area contributed by atoms with Crippen LogP contribution in [0.1, 0.15) is 23.2 Å². The summed E-state index contributed by atoms with van der Waals surface area (Å²) < 4.78 is 5.38. The van der Waals surface area contributed by atoms with Crippen molar-refractivity contribution < 1.29 is 9.53 Å². The predicted molar refractivity (Wildman–Crippen MR) is 82.2 cm³/mol. The second kappa shape index (κ2) is 5.46. The molecule has 3 rings (SSSR count). The molecule has 116 valence electrons. The highest BCUT2D eigenvalue weighted by atomic mass is 16.5. The summed E-state index contributed by atoms with van der Waals surface area (Å²) in [7, 11) is 3.40. The molecule has 0 saturated carbocycles. The van der Waals surface area contributed by atoms with Gasteiger partial charge in [-0.1, -0.05) is 12.1 Å². The van der Waals surface area contributed by atoms with Crippen molar-refractivity contribution >= 4 is 5.91 Å². The molecule has 6 heteroatoms. The van der Waals surface area contributed by atoms with Crippen molar-refractivity contribution in [1.29, 1.82) is 0 Å². The first-order chi connectivity index (χ1) is 10.6. The van der Waals surface area contributed by atoms with E-state index >= 15 is 0 Å². The number of aromatic nitrogens is 2. The van der Waals surface area contributed by atoms with Crippen LogP contribution in [-0.2, 0) is 23.3 Å². The maximum absolute atomic E-state index is 12.9. The highest BCUT2D eigenvalue weighted by Crippen LogP contribution is 2.40. The molecule has 22 heavy (non-hydrogen) atoms. The lowest BCUT2D eigenvalue weighted by molar-refractivity contribution is -0.136. The van der Waals surface area contributed by atoms with E-state index in [0.717, 1.165) is 29.0 Å². The normalized spacial score (nSPS) is 19.8. The van der Waals surface area contributed by atoms with Crippen LogP contribution in [0.3, 0.4) is 0 Å². The number of carbonyl (C=O) groups excluding carboxylic acids is 1. The highest BCUT2D eigenvalue weighted by Gasteiger charge is 2.44. The van der Waals surface area contributed by atoms with E-state index in [0.29, 0.717) is 13.0 Å². The molecule has 1 aromatic heterocycles. The number of methoxy groups -OCH3 is 1. The molecule has 6 nitrogen and oxygen atoms in total. The smallest absolute Gasteiger partial charge is 0.247 e. The fourth-order valence-electron chi connectivity index (χ4n) is 3.15. The molecule has 0 aliphatic heterocycles. The molecule has 0 bridgehead atoms. The van der Waals surface area contributed by atoms with Gasteiger partial charge in [0, 0.05) is 13.2 Å². The fourth-order valence-corrected chi connectivity index (χ4v) is 3.15. The monoisotopic (exact) mass is 300 g/mol. The van der Waals surface area contributed by atoms with Crippen LogP contribution in [0.5, 0.6) is 5.75 Å². The topological polar surface area (TPSA) is 84.2 Å². The molecule has 1 heterocycles. The quantitative estimate of drug-likeness (QED) is 0.888. The number of likely N-dealkylation sites (N-methyl/N-ethyl adjacent to an activating group) is 1. The summed E-state index contributed by atoms with van der Waals surface area (Å²) in [5, 5.41) is 0. The summed E-state index contributed by atoms with van der Waals surface area (Å²) >= 11 is 0. The first-order valence-corrected chi connectivity index (χ1v) is 7.24. The first-order valence-electron chi connectivity index (χ1n) is 7.24. The molecule has 0 saturated heterocycles. The van der Waals surface area contributed by atoms with Crippen molar-refractivity contribution in [2.75, 3.05) is 14.2 Å². The number of aromatic amines is 1. The van der Waals surface area contributed by atoms with Gasteiger partial charge in [0.15, 0.2) is 0 Å². The Morgan fingerprint density at radius 3 is 3.05 bits per heavy atom. The molecule has 1 unspecified atom stereocenters. The molecule has 1 amide bonds. The molecule has 2 aromatic rings. The lowest BCUT2D eigenvalue weighted by Gasteiger charge is -2.29. The van der Waals surface area contributed by atoms with Gasteiger partial charge >= 0.3 is 0 Å². The molecular formula is C16H20N4O2. The Morgan fingerprint density at radius 2 is 2.36 bits per heavy atom. The molecular weight excluding hydrogens is 280 g/mol. The lowest BCUT2D eigenvalue weighted by Crippen LogP contribution is -2.50. The summed E-state index contributed by atoms with van der Waals surface area (Å²) in [6.07, 6.45) is 4.65. The van der Waals surface area contributed by atoms with Crippen LogP contribution >= 0.6 is 0 Å². The van der Waals surface area contributed by atoms with Gasteiger partial charge < -0.3 is 20.4 Å². The SMILES string of the molecule is COc1cccc2c1CCC2(N)C(=O)N(C)Cc1cnc[nH]1. The minimum atomic E-state index is -0.987. The molecule has 1 aromatic carbocycles. The molecule has 1 atom stereocenters. The van der Waals surface area contributed by atoms with Gasteiger partial charge in [0.2, 0.25) is 5.91 Å². The third-order valence-corrected chi connectivity index (χ3v) is 4.29. The van der Waals surface area contributed by atoms with E-state index in [1.165, 1.54) is 0 Å².